The molecule has 16 N–H and O–H groups in total. The molecular weight excluding hydrogens is 1260 g/mol. The molecule has 0 aromatic rings. The molecule has 0 aromatic carbocycles. The largest absolute Gasteiger partial charge is 0.328 e. The molecule has 19 heteroatoms. The molecule has 0 bridgehead atoms. The van der Waals surface area contributed by atoms with Crippen LogP contribution >= 0.6 is 0 Å². The molecule has 0 aliphatic heterocycles. The molecule has 0 saturated carbocycles. The van der Waals surface area contributed by atoms with Crippen LogP contribution in [0.15, 0.2) is 0 Å². The van der Waals surface area contributed by atoms with Crippen LogP contribution in [0.3, 0.4) is 0 Å². The molecule has 0 rings (SSSR count). The molecule has 101 heavy (non-hydrogen) atoms. The fourth-order valence-electron chi connectivity index (χ4n) is 9.77. The molecule has 0 radical (unpaired) electrons. The molecule has 0 aliphatic rings. The molecule has 7 atom stereocenters. The lowest BCUT2D eigenvalue weighted by Crippen LogP contribution is -2.37. The van der Waals surface area contributed by atoms with Gasteiger partial charge in [0.25, 0.3) is 0 Å². The van der Waals surface area contributed by atoms with Gasteiger partial charge in [0.1, 0.15) is 28.9 Å². The maximum Gasteiger partial charge on any atom is 0.146 e. The number of unbranched alkanes of at least 4 members (excludes halogenated alkanes) is 7. The number of hydrogen-bond donors (Lipinski definition) is 13. The van der Waals surface area contributed by atoms with Crippen LogP contribution in [0.25, 0.3) is 0 Å². The Bertz CT molecular complexity index is 1840. The van der Waals surface area contributed by atoms with Gasteiger partial charge < -0.3 is 70.4 Å². The highest BCUT2D eigenvalue weighted by Crippen LogP contribution is 2.11. The summed E-state index contributed by atoms with van der Waals surface area (Å²) in [4.78, 5) is 57.3. The number of rotatable bonds is 46. The molecule has 19 nitrogen and oxygen atoms in total. The predicted molar refractivity (Wildman–Crippen MR) is 445 cm³/mol. The third-order valence-electron chi connectivity index (χ3n) is 16.4. The highest BCUT2D eigenvalue weighted by molar-refractivity contribution is 5.82. The minimum Gasteiger partial charge on any atom is -0.328 e. The summed E-state index contributed by atoms with van der Waals surface area (Å²) in [7, 11) is 9.69. The Morgan fingerprint density at radius 1 is 0.297 bits per heavy atom. The fraction of sp³-hybridized carbons (Fsp3) is 0.939. The summed E-state index contributed by atoms with van der Waals surface area (Å²) in [5, 5.41) is 33.5. The van der Waals surface area contributed by atoms with E-state index in [0.29, 0.717) is 12.1 Å². The van der Waals surface area contributed by atoms with Crippen LogP contribution in [0.2, 0.25) is 0 Å². The minimum atomic E-state index is -0.260. The number of nitrogens with zero attached hydrogens (tertiary/aromatic N) is 1. The average molecular weight is 1440 g/mol. The smallest absolute Gasteiger partial charge is 0.146 e. The van der Waals surface area contributed by atoms with Gasteiger partial charge in [-0.05, 0) is 364 Å². The van der Waals surface area contributed by atoms with E-state index in [-0.39, 0.29) is 97.9 Å². The first kappa shape index (κ1) is 112. The monoisotopic (exact) mass is 1440 g/mol. The number of Topliss-reactive ketones (excluding diaryl/α,β-unsaturated/α-hetero) is 5. The molecule has 0 aliphatic carbocycles. The standard InChI is InChI=1S/C13H28N2O.2C12H26N2O.C12H28N2.2C11H24N2O.C11H26N2/c1-11(16)12(15(5)6)9-7-8-10-14-13(2,3)4;2*1-10(15)11(13-5)8-6-7-9-14-12(2,3)4;1-6-11(13-5)9-7-8-10-14-12(2,3)4;2*1-9(14)10(12)7-5-6-8-13-11(2,3)4;1-5-10(12)8-6-7-9-13-11(2,3)4/h12,14H,7-10H2,1-6H3;2*11,13-14H,6-9H2,1-5H3;11,13-14H,6-10H2,1-5H3;2*10,13H,5-8,12H2,1-4H3;10,13H,5-9,12H2,1-4H3. The van der Waals surface area contributed by atoms with Crippen molar-refractivity contribution in [2.45, 2.75) is 423 Å². The van der Waals surface area contributed by atoms with Gasteiger partial charge in [-0.1, -0.05) is 58.8 Å². The Kier molecular flexibility index (Phi) is 72.1. The lowest BCUT2D eigenvalue weighted by atomic mass is 10.0. The summed E-state index contributed by atoms with van der Waals surface area (Å²) >= 11 is 0. The Hall–Kier alpha value is -2.21. The number of carbonyl (C=O) groups excluding carboxylic acids is 5. The molecule has 0 aromatic heterocycles. The third-order valence-corrected chi connectivity index (χ3v) is 16.4. The summed E-state index contributed by atoms with van der Waals surface area (Å²) < 4.78 is 0. The van der Waals surface area contributed by atoms with Crippen molar-refractivity contribution in [1.82, 2.24) is 58.1 Å². The van der Waals surface area contributed by atoms with Gasteiger partial charge in [-0.25, -0.2) is 0 Å². The van der Waals surface area contributed by atoms with Gasteiger partial charge in [-0.2, -0.15) is 0 Å². The zero-order valence-corrected chi connectivity index (χ0v) is 73.5. The average Bonchev–Trinajstić information content (AvgIpc) is 1.03. The molecule has 610 valence electrons. The van der Waals surface area contributed by atoms with Crippen LogP contribution in [-0.2, 0) is 24.0 Å². The lowest BCUT2D eigenvalue weighted by molar-refractivity contribution is -0.122. The maximum atomic E-state index is 11.4. The second kappa shape index (κ2) is 64.9. The van der Waals surface area contributed by atoms with Crippen LogP contribution < -0.4 is 70.4 Å². The third kappa shape index (κ3) is 99.9. The topological polar surface area (TPSA) is 287 Å². The van der Waals surface area contributed by atoms with Gasteiger partial charge in [0.15, 0.2) is 0 Å². The van der Waals surface area contributed by atoms with Crippen LogP contribution in [0.5, 0.6) is 0 Å². The maximum absolute atomic E-state index is 11.4. The van der Waals surface area contributed by atoms with E-state index in [4.69, 9.17) is 17.2 Å². The van der Waals surface area contributed by atoms with E-state index in [0.717, 1.165) is 149 Å². The van der Waals surface area contributed by atoms with Crippen molar-refractivity contribution in [2.75, 3.05) is 81.1 Å². The summed E-state index contributed by atoms with van der Waals surface area (Å²) in [6, 6.07) is 0.780. The van der Waals surface area contributed by atoms with Gasteiger partial charge in [0.05, 0.1) is 30.2 Å². The number of carbonyl (C=O) groups is 5. The van der Waals surface area contributed by atoms with Crippen LogP contribution in [-0.4, -0.2) is 196 Å². The van der Waals surface area contributed by atoms with Crippen molar-refractivity contribution in [3.63, 3.8) is 0 Å². The molecule has 7 unspecified atom stereocenters. The zero-order chi connectivity index (χ0) is 80.3. The molecule has 0 fully saturated rings. The molecule has 0 spiro atoms. The van der Waals surface area contributed by atoms with E-state index in [2.05, 4.69) is 219 Å². The quantitative estimate of drug-likeness (QED) is 0.0252. The van der Waals surface area contributed by atoms with Gasteiger partial charge in [-0.15, -0.1) is 0 Å². The zero-order valence-electron chi connectivity index (χ0n) is 73.5. The van der Waals surface area contributed by atoms with Gasteiger partial charge in [0, 0.05) is 50.9 Å². The Morgan fingerprint density at radius 3 is 0.703 bits per heavy atom. The summed E-state index contributed by atoms with van der Waals surface area (Å²) in [6.07, 6.45) is 25.3. The van der Waals surface area contributed by atoms with E-state index in [1.54, 1.807) is 34.6 Å². The molecule has 0 amide bonds. The van der Waals surface area contributed by atoms with E-state index in [9.17, 15) is 24.0 Å². The second-order valence-electron chi connectivity index (χ2n) is 35.7. The highest BCUT2D eigenvalue weighted by atomic mass is 16.1. The Labute approximate surface area is 628 Å². The van der Waals surface area contributed by atoms with E-state index in [1.807, 2.05) is 33.1 Å². The first-order valence-electron chi connectivity index (χ1n) is 39.8. The summed E-state index contributed by atoms with van der Waals surface area (Å²) in [5.74, 6) is 0.930. The van der Waals surface area contributed by atoms with Gasteiger partial charge in [-0.3, -0.25) is 28.9 Å². The van der Waals surface area contributed by atoms with E-state index >= 15 is 0 Å². The van der Waals surface area contributed by atoms with Crippen LogP contribution in [0.4, 0.5) is 0 Å². The molecular formula is C82H182N14O5. The van der Waals surface area contributed by atoms with Crippen LogP contribution in [0.1, 0.15) is 342 Å². The van der Waals surface area contributed by atoms with E-state index in [1.165, 1.54) is 44.9 Å². The first-order chi connectivity index (χ1) is 46.1. The van der Waals surface area contributed by atoms with Crippen molar-refractivity contribution in [1.29, 1.82) is 0 Å². The van der Waals surface area contributed by atoms with Crippen molar-refractivity contribution in [3.05, 3.63) is 0 Å². The number of nitrogens with two attached hydrogens (primary N) is 3. The molecule has 0 saturated heterocycles. The van der Waals surface area contributed by atoms with Crippen molar-refractivity contribution in [3.8, 4) is 0 Å². The normalized spacial score (nSPS) is 14.1. The number of hydrogen-bond acceptors (Lipinski definition) is 19. The summed E-state index contributed by atoms with van der Waals surface area (Å²) in [5.41, 5.74) is 18.5. The van der Waals surface area contributed by atoms with E-state index < -0.39 is 0 Å². The highest BCUT2D eigenvalue weighted by Gasteiger charge is 2.18. The molecule has 0 heterocycles. The summed E-state index contributed by atoms with van der Waals surface area (Å²) in [6.45, 7) is 65.4. The van der Waals surface area contributed by atoms with Crippen molar-refractivity contribution in [2.24, 2.45) is 17.2 Å². The lowest BCUT2D eigenvalue weighted by Gasteiger charge is -2.23. The first-order valence-corrected chi connectivity index (χ1v) is 39.8. The minimum absolute atomic E-state index is 0.0413. The van der Waals surface area contributed by atoms with Gasteiger partial charge >= 0.3 is 0 Å². The SMILES string of the molecule is CC(=O)C(CCCCNC(C)(C)C)N(C)C.CC(=O)C(N)CCCCNC(C)(C)C.CC(=O)C(N)CCCCNC(C)(C)C.CCC(CCCCNC(C)(C)C)NC.CCC(N)CCCCNC(C)(C)C.CNC(CCCCNC(C)(C)C)C(C)=O.CNC(CCCCNC(C)(C)C)C(C)=O. The van der Waals surface area contributed by atoms with Crippen molar-refractivity contribution >= 4 is 28.9 Å². The second-order valence-corrected chi connectivity index (χ2v) is 35.7. The number of likely N-dealkylation sites (N-methyl/N-ethyl adjacent to an activating group) is 3. The van der Waals surface area contributed by atoms with Crippen LogP contribution in [0, 0.1) is 0 Å². The number of ketones is 5. The number of nitrogens with one attached hydrogen (secondary N) is 10. The van der Waals surface area contributed by atoms with Crippen molar-refractivity contribution < 1.29 is 24.0 Å². The predicted octanol–water partition coefficient (Wildman–Crippen LogP) is 13.3. The fourth-order valence-corrected chi connectivity index (χ4v) is 9.77. The Balaban J connectivity index is -0.000000204. The Morgan fingerprint density at radius 2 is 0.525 bits per heavy atom. The van der Waals surface area contributed by atoms with Gasteiger partial charge in [0.2, 0.25) is 0 Å².